The molecule has 0 aliphatic heterocycles. The third kappa shape index (κ3) is 3.23. The highest BCUT2D eigenvalue weighted by Crippen LogP contribution is 2.40. The molecular weight excluding hydrogens is 375 g/mol. The van der Waals surface area contributed by atoms with Crippen LogP contribution in [-0.4, -0.2) is 16.3 Å². The Hall–Kier alpha value is -3.23. The van der Waals surface area contributed by atoms with Crippen LogP contribution in [0.15, 0.2) is 41.1 Å². The average Bonchev–Trinajstić information content (AvgIpc) is 3.22. The number of hydrogen-bond donors (Lipinski definition) is 2. The molecule has 148 valence electrons. The molecule has 0 radical (unpaired) electrons. The normalized spacial score (nSPS) is 12.5. The van der Waals surface area contributed by atoms with E-state index in [9.17, 15) is 22.8 Å². The van der Waals surface area contributed by atoms with E-state index in [-0.39, 0.29) is 28.8 Å². The van der Waals surface area contributed by atoms with Gasteiger partial charge in [-0.05, 0) is 38.1 Å². The molecule has 1 amide bonds. The van der Waals surface area contributed by atoms with E-state index in [0.717, 1.165) is 6.07 Å². The second-order valence-electron chi connectivity index (χ2n) is 7.14. The molecular formula is C19H18F3N3O3. The number of furan rings is 1. The van der Waals surface area contributed by atoms with Gasteiger partial charge in [-0.1, -0.05) is 0 Å². The summed E-state index contributed by atoms with van der Waals surface area (Å²) in [6.07, 6.45) is -2.03. The first-order valence-corrected chi connectivity index (χ1v) is 8.30. The highest BCUT2D eigenvalue weighted by atomic mass is 19.4. The van der Waals surface area contributed by atoms with Gasteiger partial charge in [-0.25, -0.2) is 0 Å². The van der Waals surface area contributed by atoms with Crippen molar-refractivity contribution >= 4 is 28.3 Å². The zero-order valence-corrected chi connectivity index (χ0v) is 15.1. The van der Waals surface area contributed by atoms with Gasteiger partial charge in [0, 0.05) is 18.1 Å². The molecule has 6 nitrogen and oxygen atoms in total. The number of amides is 1. The summed E-state index contributed by atoms with van der Waals surface area (Å²) in [7, 11) is 0. The van der Waals surface area contributed by atoms with Crippen molar-refractivity contribution in [2.75, 3.05) is 5.73 Å². The topological polar surface area (TPSA) is 104 Å². The van der Waals surface area contributed by atoms with Crippen molar-refractivity contribution in [1.82, 2.24) is 4.57 Å². The second-order valence-corrected chi connectivity index (χ2v) is 7.14. The fraction of sp³-hybridized carbons (Fsp3) is 0.263. The first kappa shape index (κ1) is 19.5. The predicted octanol–water partition coefficient (Wildman–Crippen LogP) is 3.58. The van der Waals surface area contributed by atoms with Gasteiger partial charge in [0.25, 0.3) is 0 Å². The Morgan fingerprint density at radius 2 is 1.86 bits per heavy atom. The number of hydrogen-bond acceptors (Lipinski definition) is 4. The molecule has 28 heavy (non-hydrogen) atoms. The van der Waals surface area contributed by atoms with E-state index in [2.05, 4.69) is 0 Å². The van der Waals surface area contributed by atoms with Crippen molar-refractivity contribution in [3.8, 4) is 0 Å². The molecule has 0 aliphatic carbocycles. The number of ketones is 1. The molecule has 2 heterocycles. The van der Waals surface area contributed by atoms with Gasteiger partial charge in [0.15, 0.2) is 5.76 Å². The molecule has 9 heteroatoms. The molecule has 1 aromatic carbocycles. The summed E-state index contributed by atoms with van der Waals surface area (Å²) in [6.45, 7) is 3.25. The highest BCUT2D eigenvalue weighted by Gasteiger charge is 2.35. The third-order valence-electron chi connectivity index (χ3n) is 4.61. The number of benzene rings is 1. The molecule has 3 aromatic rings. The molecule has 0 spiro atoms. The molecule has 0 saturated carbocycles. The van der Waals surface area contributed by atoms with E-state index in [4.69, 9.17) is 15.9 Å². The monoisotopic (exact) mass is 393 g/mol. The van der Waals surface area contributed by atoms with Crippen LogP contribution in [0.2, 0.25) is 0 Å². The van der Waals surface area contributed by atoms with Crippen molar-refractivity contribution < 1.29 is 27.2 Å². The average molecular weight is 393 g/mol. The first-order chi connectivity index (χ1) is 12.9. The molecule has 0 aliphatic rings. The van der Waals surface area contributed by atoms with Gasteiger partial charge >= 0.3 is 6.18 Å². The SMILES string of the molecule is CC(C)(Cn1cc(C(=O)c2ccco2)c2c(N)c(C(F)(F)F)ccc21)C(N)=O. The van der Waals surface area contributed by atoms with Crippen LogP contribution in [0.1, 0.15) is 35.5 Å². The van der Waals surface area contributed by atoms with Crippen LogP contribution in [0.4, 0.5) is 18.9 Å². The Balaban J connectivity index is 2.28. The van der Waals surface area contributed by atoms with Gasteiger partial charge in [-0.15, -0.1) is 0 Å². The van der Waals surface area contributed by atoms with Crippen molar-refractivity contribution in [2.24, 2.45) is 11.1 Å². The number of anilines is 1. The smallest absolute Gasteiger partial charge is 0.418 e. The zero-order chi connectivity index (χ0) is 20.9. The van der Waals surface area contributed by atoms with Crippen molar-refractivity contribution in [3.63, 3.8) is 0 Å². The van der Waals surface area contributed by atoms with Gasteiger partial charge in [0.2, 0.25) is 11.7 Å². The van der Waals surface area contributed by atoms with Crippen LogP contribution in [0, 0.1) is 5.41 Å². The number of alkyl halides is 3. The van der Waals surface area contributed by atoms with E-state index >= 15 is 0 Å². The van der Waals surface area contributed by atoms with Gasteiger partial charge in [0.1, 0.15) is 0 Å². The molecule has 0 unspecified atom stereocenters. The van der Waals surface area contributed by atoms with E-state index in [1.807, 2.05) is 0 Å². The number of rotatable bonds is 5. The molecule has 3 rings (SSSR count). The number of fused-ring (bicyclic) bond motifs is 1. The summed E-state index contributed by atoms with van der Waals surface area (Å²) in [5, 5.41) is -0.0449. The van der Waals surface area contributed by atoms with Crippen LogP contribution >= 0.6 is 0 Å². The second kappa shape index (κ2) is 6.43. The highest BCUT2D eigenvalue weighted by molar-refractivity contribution is 6.18. The quantitative estimate of drug-likeness (QED) is 0.511. The lowest BCUT2D eigenvalue weighted by molar-refractivity contribution is -0.136. The van der Waals surface area contributed by atoms with Crippen LogP contribution in [0.25, 0.3) is 10.9 Å². The lowest BCUT2D eigenvalue weighted by atomic mass is 9.92. The summed E-state index contributed by atoms with van der Waals surface area (Å²) < 4.78 is 46.5. The molecule has 0 saturated heterocycles. The Morgan fingerprint density at radius 1 is 1.18 bits per heavy atom. The summed E-state index contributed by atoms with van der Waals surface area (Å²) in [4.78, 5) is 24.5. The number of nitrogen functional groups attached to an aromatic ring is 1. The van der Waals surface area contributed by atoms with Gasteiger partial charge in [-0.3, -0.25) is 9.59 Å². The lowest BCUT2D eigenvalue weighted by Crippen LogP contribution is -2.35. The van der Waals surface area contributed by atoms with Gasteiger partial charge in [-0.2, -0.15) is 13.2 Å². The molecule has 4 N–H and O–H groups in total. The van der Waals surface area contributed by atoms with Crippen LogP contribution in [-0.2, 0) is 17.5 Å². The Labute approximate surface area is 157 Å². The van der Waals surface area contributed by atoms with Crippen molar-refractivity contribution in [2.45, 2.75) is 26.6 Å². The molecule has 0 atom stereocenters. The largest absolute Gasteiger partial charge is 0.461 e. The van der Waals surface area contributed by atoms with E-state index in [0.29, 0.717) is 0 Å². The van der Waals surface area contributed by atoms with E-state index < -0.39 is 34.5 Å². The predicted molar refractivity (Wildman–Crippen MR) is 96.5 cm³/mol. The Morgan fingerprint density at radius 3 is 2.39 bits per heavy atom. The molecule has 2 aromatic heterocycles. The lowest BCUT2D eigenvalue weighted by Gasteiger charge is -2.22. The number of halogens is 3. The summed E-state index contributed by atoms with van der Waals surface area (Å²) in [5.41, 5.74) is 8.87. The minimum Gasteiger partial charge on any atom is -0.461 e. The van der Waals surface area contributed by atoms with Crippen LogP contribution in [0.5, 0.6) is 0 Å². The van der Waals surface area contributed by atoms with Gasteiger partial charge in [0.05, 0.1) is 34.0 Å². The Bertz CT molecular complexity index is 1060. The van der Waals surface area contributed by atoms with Gasteiger partial charge < -0.3 is 20.5 Å². The minimum absolute atomic E-state index is 0.0370. The number of nitrogens with two attached hydrogens (primary N) is 2. The molecule has 0 bridgehead atoms. The fourth-order valence-electron chi connectivity index (χ4n) is 3.01. The maximum absolute atomic E-state index is 13.3. The van der Waals surface area contributed by atoms with Crippen LogP contribution < -0.4 is 11.5 Å². The number of nitrogens with zero attached hydrogens (tertiary/aromatic N) is 1. The number of primary amides is 1. The summed E-state index contributed by atoms with van der Waals surface area (Å²) in [5.74, 6) is -1.24. The standard InChI is InChI=1S/C19H18F3N3O3/c1-18(2,17(24)27)9-25-8-10(16(26)13-4-3-7-28-13)14-12(25)6-5-11(15(14)23)19(20,21)22/h3-8H,9,23H2,1-2H3,(H2,24,27). The first-order valence-electron chi connectivity index (χ1n) is 8.30. The van der Waals surface area contributed by atoms with E-state index in [1.54, 1.807) is 13.8 Å². The van der Waals surface area contributed by atoms with Crippen molar-refractivity contribution in [1.29, 1.82) is 0 Å². The van der Waals surface area contributed by atoms with Crippen LogP contribution in [0.3, 0.4) is 0 Å². The fourth-order valence-corrected chi connectivity index (χ4v) is 3.01. The maximum atomic E-state index is 13.3. The summed E-state index contributed by atoms with van der Waals surface area (Å²) in [6, 6.07) is 4.98. The minimum atomic E-state index is -4.68. The number of aromatic nitrogens is 1. The van der Waals surface area contributed by atoms with E-state index in [1.165, 1.54) is 35.2 Å². The maximum Gasteiger partial charge on any atom is 0.418 e. The Kier molecular flexibility index (Phi) is 4.49. The third-order valence-corrected chi connectivity index (χ3v) is 4.61. The molecule has 0 fully saturated rings. The zero-order valence-electron chi connectivity index (χ0n) is 15.1. The number of carbonyl (C=O) groups excluding carboxylic acids is 2. The number of carbonyl (C=O) groups is 2. The van der Waals surface area contributed by atoms with Crippen molar-refractivity contribution in [3.05, 3.63) is 53.6 Å². The summed E-state index contributed by atoms with van der Waals surface area (Å²) >= 11 is 0.